The second-order valence-corrected chi connectivity index (χ2v) is 18.4. The van der Waals surface area contributed by atoms with Crippen molar-refractivity contribution in [3.05, 3.63) is 289 Å². The van der Waals surface area contributed by atoms with Crippen molar-refractivity contribution in [3.8, 4) is 44.5 Å². The van der Waals surface area contributed by atoms with Crippen LogP contribution in [0, 0.1) is 0 Å². The molecule has 1 aliphatic heterocycles. The number of hydrogen-bond acceptors (Lipinski definition) is 3. The Kier molecular flexibility index (Phi) is 9.11. The molecular weight excluding hydrogens is 849 g/mol. The first-order valence-electron chi connectivity index (χ1n) is 24.1. The summed E-state index contributed by atoms with van der Waals surface area (Å²) in [6.07, 6.45) is 0. The zero-order valence-corrected chi connectivity index (χ0v) is 38.2. The lowest BCUT2D eigenvalue weighted by molar-refractivity contribution is 0.669. The molecule has 1 aliphatic carbocycles. The Hall–Kier alpha value is -9.18. The minimum Gasteiger partial charge on any atom is -0.456 e. The van der Waals surface area contributed by atoms with Gasteiger partial charge in [0.05, 0.1) is 22.5 Å². The van der Waals surface area contributed by atoms with E-state index in [9.17, 15) is 0 Å². The molecule has 11 aromatic carbocycles. The minimum atomic E-state index is -0.541. The molecule has 328 valence electrons. The Bertz CT molecular complexity index is 3900. The second-order valence-electron chi connectivity index (χ2n) is 18.4. The number of rotatable bonds is 7. The highest BCUT2D eigenvalue weighted by molar-refractivity contribution is 6.09. The van der Waals surface area contributed by atoms with Crippen molar-refractivity contribution < 1.29 is 4.42 Å². The molecule has 0 amide bonds. The molecule has 3 nitrogen and oxygen atoms in total. The maximum Gasteiger partial charge on any atom is 0.135 e. The van der Waals surface area contributed by atoms with Gasteiger partial charge in [0.1, 0.15) is 11.2 Å². The fourth-order valence-corrected chi connectivity index (χ4v) is 11.7. The average molecular weight is 893 g/mol. The zero-order chi connectivity index (χ0) is 46.2. The summed E-state index contributed by atoms with van der Waals surface area (Å²) in [7, 11) is 0. The largest absolute Gasteiger partial charge is 0.456 e. The molecule has 0 saturated carbocycles. The third kappa shape index (κ3) is 6.01. The molecule has 1 spiro atoms. The number of nitrogens with zero attached hydrogens (tertiary/aromatic N) is 2. The van der Waals surface area contributed by atoms with Crippen LogP contribution in [0.1, 0.15) is 22.3 Å². The molecule has 14 rings (SSSR count). The summed E-state index contributed by atoms with van der Waals surface area (Å²) in [5, 5.41) is 2.15. The highest BCUT2D eigenvalue weighted by Gasteiger charge is 2.52. The Labute approximate surface area is 407 Å². The van der Waals surface area contributed by atoms with Gasteiger partial charge in [-0.1, -0.05) is 194 Å². The third-order valence-electron chi connectivity index (χ3n) is 14.7. The highest BCUT2D eigenvalue weighted by Crippen LogP contribution is 2.64. The molecule has 0 atom stereocenters. The van der Waals surface area contributed by atoms with Crippen molar-refractivity contribution in [3.63, 3.8) is 0 Å². The van der Waals surface area contributed by atoms with E-state index in [1.54, 1.807) is 0 Å². The first kappa shape index (κ1) is 39.9. The van der Waals surface area contributed by atoms with E-state index in [1.807, 2.05) is 0 Å². The number of hydrogen-bond donors (Lipinski definition) is 0. The molecule has 12 aromatic rings. The van der Waals surface area contributed by atoms with Gasteiger partial charge in [0, 0.05) is 33.4 Å². The van der Waals surface area contributed by atoms with E-state index in [1.165, 1.54) is 61.4 Å². The molecule has 0 unspecified atom stereocenters. The lowest BCUT2D eigenvalue weighted by atomic mass is 9.64. The SMILES string of the molecule is c1ccc(-c2ccc(N(c3ccc4oc5ccc(-c6cccc7c6-c6ccccc6C76c7ccccc7N(c7ccccc7)c7ccccc76)cc5c4c3)c3ccccc3-c3ccccc3)cc2)cc1. The first-order valence-corrected chi connectivity index (χ1v) is 24.1. The highest BCUT2D eigenvalue weighted by atomic mass is 16.3. The Morgan fingerprint density at radius 3 is 1.54 bits per heavy atom. The van der Waals surface area contributed by atoms with Crippen molar-refractivity contribution in [2.75, 3.05) is 9.80 Å². The maximum absolute atomic E-state index is 6.69. The Morgan fingerprint density at radius 2 is 0.829 bits per heavy atom. The van der Waals surface area contributed by atoms with E-state index >= 15 is 0 Å². The predicted octanol–water partition coefficient (Wildman–Crippen LogP) is 18.2. The lowest BCUT2D eigenvalue weighted by Gasteiger charge is -2.45. The summed E-state index contributed by atoms with van der Waals surface area (Å²) >= 11 is 0. The van der Waals surface area contributed by atoms with E-state index in [2.05, 4.69) is 277 Å². The van der Waals surface area contributed by atoms with Gasteiger partial charge in [-0.05, 0) is 134 Å². The molecule has 70 heavy (non-hydrogen) atoms. The summed E-state index contributed by atoms with van der Waals surface area (Å²) in [5.74, 6) is 0. The van der Waals surface area contributed by atoms with Gasteiger partial charge in [-0.15, -0.1) is 0 Å². The van der Waals surface area contributed by atoms with Gasteiger partial charge < -0.3 is 14.2 Å². The van der Waals surface area contributed by atoms with Crippen molar-refractivity contribution in [1.29, 1.82) is 0 Å². The normalized spacial score (nSPS) is 12.9. The van der Waals surface area contributed by atoms with Crippen molar-refractivity contribution in [2.24, 2.45) is 0 Å². The van der Waals surface area contributed by atoms with Crippen LogP contribution < -0.4 is 9.80 Å². The average Bonchev–Trinajstić information content (AvgIpc) is 3.95. The topological polar surface area (TPSA) is 19.6 Å². The van der Waals surface area contributed by atoms with E-state index in [0.29, 0.717) is 0 Å². The zero-order valence-electron chi connectivity index (χ0n) is 38.2. The minimum absolute atomic E-state index is 0.541. The van der Waals surface area contributed by atoms with Crippen LogP contribution in [0.3, 0.4) is 0 Å². The molecule has 0 fully saturated rings. The van der Waals surface area contributed by atoms with E-state index in [0.717, 1.165) is 61.4 Å². The van der Waals surface area contributed by atoms with Crippen LogP contribution in [-0.4, -0.2) is 0 Å². The van der Waals surface area contributed by atoms with Crippen LogP contribution in [0.25, 0.3) is 66.4 Å². The predicted molar refractivity (Wildman–Crippen MR) is 290 cm³/mol. The number of furan rings is 1. The summed E-state index contributed by atoms with van der Waals surface area (Å²) < 4.78 is 6.69. The summed E-state index contributed by atoms with van der Waals surface area (Å²) in [6.45, 7) is 0. The van der Waals surface area contributed by atoms with Gasteiger partial charge in [0.2, 0.25) is 0 Å². The molecule has 2 heterocycles. The van der Waals surface area contributed by atoms with Gasteiger partial charge in [-0.3, -0.25) is 0 Å². The monoisotopic (exact) mass is 892 g/mol. The summed E-state index contributed by atoms with van der Waals surface area (Å²) in [6, 6.07) is 97.1. The van der Waals surface area contributed by atoms with Gasteiger partial charge in [0.25, 0.3) is 0 Å². The van der Waals surface area contributed by atoms with Crippen LogP contribution in [-0.2, 0) is 5.41 Å². The van der Waals surface area contributed by atoms with Crippen LogP contribution in [0.5, 0.6) is 0 Å². The van der Waals surface area contributed by atoms with Gasteiger partial charge in [0.15, 0.2) is 0 Å². The van der Waals surface area contributed by atoms with Gasteiger partial charge >= 0.3 is 0 Å². The van der Waals surface area contributed by atoms with E-state index in [-0.39, 0.29) is 0 Å². The standard InChI is InChI=1S/C67H44N2O/c1-4-19-45(20-5-1)46-35-38-50(39-36-46)68(61-32-15-11-25-52(61)47-21-6-2-7-22-47)51-40-42-65-56(44-51)55-43-48(37-41-64(55)70-65)53-27-18-31-60-66(53)54-26-10-12-28-57(54)67(60)58-29-13-16-33-62(58)69(49-23-8-3-9-24-49)63-34-17-14-30-59(63)67/h1-44H. The lowest BCUT2D eigenvalue weighted by Crippen LogP contribution is -2.36. The number of para-hydroxylation sites is 4. The van der Waals surface area contributed by atoms with Crippen LogP contribution >= 0.6 is 0 Å². The van der Waals surface area contributed by atoms with Crippen molar-refractivity contribution in [2.45, 2.75) is 5.41 Å². The van der Waals surface area contributed by atoms with Crippen LogP contribution in [0.4, 0.5) is 34.1 Å². The quantitative estimate of drug-likeness (QED) is 0.159. The fourth-order valence-electron chi connectivity index (χ4n) is 11.7. The second kappa shape index (κ2) is 16.0. The van der Waals surface area contributed by atoms with Crippen LogP contribution in [0.15, 0.2) is 271 Å². The number of fused-ring (bicyclic) bond motifs is 12. The Balaban J connectivity index is 0.949. The fraction of sp³-hybridized carbons (Fsp3) is 0.0149. The van der Waals surface area contributed by atoms with Crippen molar-refractivity contribution in [1.82, 2.24) is 0 Å². The number of benzene rings is 11. The molecule has 1 aromatic heterocycles. The first-order chi connectivity index (χ1) is 34.7. The summed E-state index contributed by atoms with van der Waals surface area (Å²) in [5.41, 5.74) is 22.6. The smallest absolute Gasteiger partial charge is 0.135 e. The van der Waals surface area contributed by atoms with Crippen molar-refractivity contribution >= 4 is 56.1 Å². The van der Waals surface area contributed by atoms with Gasteiger partial charge in [-0.25, -0.2) is 0 Å². The molecule has 0 radical (unpaired) electrons. The van der Waals surface area contributed by atoms with Gasteiger partial charge in [-0.2, -0.15) is 0 Å². The molecule has 0 saturated heterocycles. The maximum atomic E-state index is 6.69. The van der Waals surface area contributed by atoms with E-state index in [4.69, 9.17) is 4.42 Å². The Morgan fingerprint density at radius 1 is 0.329 bits per heavy atom. The number of anilines is 6. The molecule has 0 N–H and O–H groups in total. The molecular formula is C67H44N2O. The van der Waals surface area contributed by atoms with Crippen LogP contribution in [0.2, 0.25) is 0 Å². The van der Waals surface area contributed by atoms with E-state index < -0.39 is 5.41 Å². The molecule has 2 aliphatic rings. The molecule has 0 bridgehead atoms. The third-order valence-corrected chi connectivity index (χ3v) is 14.7. The summed E-state index contributed by atoms with van der Waals surface area (Å²) in [4.78, 5) is 4.83. The molecule has 3 heteroatoms.